The van der Waals surface area contributed by atoms with Gasteiger partial charge in [0.25, 0.3) is 0 Å². The van der Waals surface area contributed by atoms with Crippen molar-refractivity contribution in [2.24, 2.45) is 12.0 Å². The van der Waals surface area contributed by atoms with Crippen molar-refractivity contribution < 1.29 is 5.11 Å². The lowest BCUT2D eigenvalue weighted by molar-refractivity contribution is 0.303. The molecule has 2 N–H and O–H groups in total. The predicted molar refractivity (Wildman–Crippen MR) is 133 cm³/mol. The lowest BCUT2D eigenvalue weighted by Crippen LogP contribution is -2.52. The van der Waals surface area contributed by atoms with E-state index in [2.05, 4.69) is 52.3 Å². The van der Waals surface area contributed by atoms with Crippen LogP contribution in [0.15, 0.2) is 41.7 Å². The smallest absolute Gasteiger partial charge is 0.194 e. The van der Waals surface area contributed by atoms with Crippen LogP contribution in [-0.2, 0) is 7.05 Å². The molecule has 2 aromatic rings. The molecule has 1 aromatic heterocycles. The number of likely N-dealkylation sites (N-methyl/N-ethyl adjacent to an activating group) is 1. The summed E-state index contributed by atoms with van der Waals surface area (Å²) in [6.45, 7) is 7.01. The standard InChI is InChI=1S/C21H33N7O.HI/c1-5-22-21(23-15-19(25(2)3)17-14-24-26(4)16-17)28-12-10-27(11-13-28)18-8-6-7-9-20(18)29;/h6-9,14,16,19,29H,5,10-13,15H2,1-4H3,(H,22,23);1H. The number of piperazine rings is 1. The molecule has 1 aliphatic heterocycles. The Labute approximate surface area is 196 Å². The van der Waals surface area contributed by atoms with Gasteiger partial charge in [0.1, 0.15) is 5.75 Å². The third-order valence-corrected chi connectivity index (χ3v) is 5.28. The van der Waals surface area contributed by atoms with E-state index in [9.17, 15) is 5.11 Å². The first-order valence-corrected chi connectivity index (χ1v) is 10.2. The molecule has 9 heteroatoms. The third-order valence-electron chi connectivity index (χ3n) is 5.28. The summed E-state index contributed by atoms with van der Waals surface area (Å²) in [7, 11) is 6.09. The van der Waals surface area contributed by atoms with Crippen molar-refractivity contribution in [1.82, 2.24) is 24.9 Å². The van der Waals surface area contributed by atoms with Gasteiger partial charge in [0.15, 0.2) is 5.96 Å². The summed E-state index contributed by atoms with van der Waals surface area (Å²) in [5.41, 5.74) is 2.07. The number of phenolic OH excluding ortho intramolecular Hbond substituents is 1. The Hall–Kier alpha value is -2.01. The Morgan fingerprint density at radius 2 is 1.93 bits per heavy atom. The highest BCUT2D eigenvalue weighted by Crippen LogP contribution is 2.27. The number of aromatic hydroxyl groups is 1. The molecule has 1 aliphatic rings. The SMILES string of the molecule is CCNC(=NCC(c1cnn(C)c1)N(C)C)N1CCN(c2ccccc2O)CC1.I. The largest absolute Gasteiger partial charge is 0.506 e. The number of anilines is 1. The minimum absolute atomic E-state index is 0. The minimum Gasteiger partial charge on any atom is -0.506 e. The van der Waals surface area contributed by atoms with E-state index in [4.69, 9.17) is 4.99 Å². The van der Waals surface area contributed by atoms with Crippen LogP contribution in [0.5, 0.6) is 5.75 Å². The van der Waals surface area contributed by atoms with Crippen LogP contribution in [0.2, 0.25) is 0 Å². The van der Waals surface area contributed by atoms with Crippen molar-refractivity contribution in [3.05, 3.63) is 42.2 Å². The number of nitrogens with zero attached hydrogens (tertiary/aromatic N) is 6. The van der Waals surface area contributed by atoms with Gasteiger partial charge in [-0.3, -0.25) is 9.67 Å². The molecule has 166 valence electrons. The van der Waals surface area contributed by atoms with Gasteiger partial charge in [-0.1, -0.05) is 12.1 Å². The van der Waals surface area contributed by atoms with Crippen molar-refractivity contribution in [2.75, 3.05) is 58.3 Å². The van der Waals surface area contributed by atoms with Gasteiger partial charge in [-0.25, -0.2) is 0 Å². The molecule has 0 bridgehead atoms. The summed E-state index contributed by atoms with van der Waals surface area (Å²) in [5.74, 6) is 1.28. The minimum atomic E-state index is 0. The lowest BCUT2D eigenvalue weighted by Gasteiger charge is -2.38. The van der Waals surface area contributed by atoms with Gasteiger partial charge in [-0.15, -0.1) is 24.0 Å². The fourth-order valence-electron chi connectivity index (χ4n) is 3.67. The number of phenols is 1. The van der Waals surface area contributed by atoms with Crippen molar-refractivity contribution in [3.8, 4) is 5.75 Å². The highest BCUT2D eigenvalue weighted by Gasteiger charge is 2.22. The van der Waals surface area contributed by atoms with Crippen LogP contribution in [0.4, 0.5) is 5.69 Å². The van der Waals surface area contributed by atoms with E-state index < -0.39 is 0 Å². The van der Waals surface area contributed by atoms with E-state index in [1.165, 1.54) is 5.56 Å². The van der Waals surface area contributed by atoms with Crippen LogP contribution >= 0.6 is 24.0 Å². The van der Waals surface area contributed by atoms with E-state index >= 15 is 0 Å². The Kier molecular flexibility index (Phi) is 9.22. The van der Waals surface area contributed by atoms with Crippen LogP contribution in [0, 0.1) is 0 Å². The molecule has 0 saturated carbocycles. The highest BCUT2D eigenvalue weighted by molar-refractivity contribution is 14.0. The number of aromatic nitrogens is 2. The van der Waals surface area contributed by atoms with E-state index in [1.807, 2.05) is 36.1 Å². The number of hydrogen-bond donors (Lipinski definition) is 2. The van der Waals surface area contributed by atoms with E-state index in [-0.39, 0.29) is 30.0 Å². The predicted octanol–water partition coefficient (Wildman–Crippen LogP) is 2.13. The number of benzene rings is 1. The maximum Gasteiger partial charge on any atom is 0.194 e. The van der Waals surface area contributed by atoms with Crippen LogP contribution in [0.25, 0.3) is 0 Å². The zero-order valence-electron chi connectivity index (χ0n) is 18.3. The molecular weight excluding hydrogens is 493 g/mol. The Bertz CT molecular complexity index is 815. The van der Waals surface area contributed by atoms with Crippen LogP contribution in [0.1, 0.15) is 18.5 Å². The van der Waals surface area contributed by atoms with E-state index in [1.54, 1.807) is 6.07 Å². The molecule has 1 fully saturated rings. The monoisotopic (exact) mass is 527 g/mol. The first-order valence-electron chi connectivity index (χ1n) is 10.2. The molecule has 0 aliphatic carbocycles. The molecule has 1 saturated heterocycles. The Morgan fingerprint density at radius 3 is 2.50 bits per heavy atom. The zero-order chi connectivity index (χ0) is 20.8. The number of para-hydroxylation sites is 2. The summed E-state index contributed by atoms with van der Waals surface area (Å²) >= 11 is 0. The normalized spacial score (nSPS) is 15.8. The van der Waals surface area contributed by atoms with Crippen molar-refractivity contribution >= 4 is 35.6 Å². The van der Waals surface area contributed by atoms with E-state index in [0.717, 1.165) is 44.4 Å². The van der Waals surface area contributed by atoms with Gasteiger partial charge in [-0.05, 0) is 33.2 Å². The van der Waals surface area contributed by atoms with Crippen molar-refractivity contribution in [3.63, 3.8) is 0 Å². The second-order valence-electron chi connectivity index (χ2n) is 7.58. The fourth-order valence-corrected chi connectivity index (χ4v) is 3.67. The lowest BCUT2D eigenvalue weighted by atomic mass is 10.1. The summed E-state index contributed by atoms with van der Waals surface area (Å²) < 4.78 is 1.83. The maximum absolute atomic E-state index is 10.1. The Balaban J connectivity index is 0.00000320. The number of halogens is 1. The average molecular weight is 527 g/mol. The van der Waals surface area contributed by atoms with Gasteiger partial charge in [0.2, 0.25) is 0 Å². The maximum atomic E-state index is 10.1. The fraction of sp³-hybridized carbons (Fsp3) is 0.524. The first kappa shape index (κ1) is 24.3. The zero-order valence-corrected chi connectivity index (χ0v) is 20.7. The average Bonchev–Trinajstić information content (AvgIpc) is 3.13. The topological polar surface area (TPSA) is 72.2 Å². The van der Waals surface area contributed by atoms with Crippen LogP contribution in [0.3, 0.4) is 0 Å². The van der Waals surface area contributed by atoms with Gasteiger partial charge >= 0.3 is 0 Å². The molecule has 0 radical (unpaired) electrons. The second kappa shape index (κ2) is 11.4. The molecule has 3 rings (SSSR count). The first-order chi connectivity index (χ1) is 14.0. The van der Waals surface area contributed by atoms with Gasteiger partial charge in [0, 0.05) is 51.5 Å². The van der Waals surface area contributed by atoms with Crippen LogP contribution < -0.4 is 10.2 Å². The molecule has 8 nitrogen and oxygen atoms in total. The third kappa shape index (κ3) is 6.00. The van der Waals surface area contributed by atoms with Gasteiger partial charge in [0.05, 0.1) is 24.5 Å². The number of aliphatic imine (C=N–C) groups is 1. The van der Waals surface area contributed by atoms with Crippen LogP contribution in [-0.4, -0.2) is 84.0 Å². The van der Waals surface area contributed by atoms with Crippen molar-refractivity contribution in [1.29, 1.82) is 0 Å². The molecule has 0 spiro atoms. The Morgan fingerprint density at radius 1 is 1.23 bits per heavy atom. The number of aryl methyl sites for hydroxylation is 1. The molecule has 30 heavy (non-hydrogen) atoms. The molecule has 1 atom stereocenters. The molecule has 2 heterocycles. The summed E-state index contributed by atoms with van der Waals surface area (Å²) in [6, 6.07) is 7.72. The summed E-state index contributed by atoms with van der Waals surface area (Å²) in [4.78, 5) is 11.7. The molecular formula is C21H34IN7O. The number of hydrogen-bond acceptors (Lipinski definition) is 5. The summed E-state index contributed by atoms with van der Waals surface area (Å²) in [5, 5.41) is 17.9. The highest BCUT2D eigenvalue weighted by atomic mass is 127. The summed E-state index contributed by atoms with van der Waals surface area (Å²) in [6.07, 6.45) is 3.97. The molecule has 1 aromatic carbocycles. The van der Waals surface area contributed by atoms with E-state index in [0.29, 0.717) is 12.3 Å². The number of rotatable bonds is 6. The second-order valence-corrected chi connectivity index (χ2v) is 7.58. The number of guanidine groups is 1. The van der Waals surface area contributed by atoms with Crippen molar-refractivity contribution in [2.45, 2.75) is 13.0 Å². The molecule has 0 amide bonds. The number of nitrogens with one attached hydrogen (secondary N) is 1. The van der Waals surface area contributed by atoms with Gasteiger partial charge < -0.3 is 25.1 Å². The van der Waals surface area contributed by atoms with Gasteiger partial charge in [-0.2, -0.15) is 5.10 Å². The molecule has 1 unspecified atom stereocenters. The quantitative estimate of drug-likeness (QED) is 0.341.